The van der Waals surface area contributed by atoms with Crippen LogP contribution in [0.25, 0.3) is 0 Å². The molecule has 1 atom stereocenters. The molecule has 0 amide bonds. The molecular formula is C12H24O4Si. The molecule has 0 N–H and O–H groups in total. The molecule has 0 radical (unpaired) electrons. The van der Waals surface area contributed by atoms with Crippen molar-refractivity contribution in [3.63, 3.8) is 0 Å². The molecule has 0 aromatic rings. The first-order valence-corrected chi connectivity index (χ1v) is 8.73. The zero-order valence-corrected chi connectivity index (χ0v) is 12.3. The van der Waals surface area contributed by atoms with Gasteiger partial charge in [0.25, 0.3) is 0 Å². The van der Waals surface area contributed by atoms with E-state index in [1.807, 2.05) is 13.5 Å². The third-order valence-electron chi connectivity index (χ3n) is 3.79. The number of carbonyl (C=O) groups excluding carboxylic acids is 1. The van der Waals surface area contributed by atoms with Gasteiger partial charge in [0.1, 0.15) is 6.10 Å². The Kier molecular flexibility index (Phi) is 5.62. The molecule has 4 nitrogen and oxygen atoms in total. The summed E-state index contributed by atoms with van der Waals surface area (Å²) in [6.45, 7) is 3.73. The zero-order valence-electron chi connectivity index (χ0n) is 11.3. The van der Waals surface area contributed by atoms with Crippen molar-refractivity contribution in [1.29, 1.82) is 0 Å². The van der Waals surface area contributed by atoms with Gasteiger partial charge < -0.3 is 13.6 Å². The molecule has 1 fully saturated rings. The Hall–Kier alpha value is -0.393. The topological polar surface area (TPSA) is 44.8 Å². The lowest BCUT2D eigenvalue weighted by Gasteiger charge is -2.30. The molecular weight excluding hydrogens is 236 g/mol. The van der Waals surface area contributed by atoms with E-state index in [2.05, 4.69) is 0 Å². The van der Waals surface area contributed by atoms with E-state index in [1.54, 1.807) is 14.2 Å². The third kappa shape index (κ3) is 3.79. The molecule has 1 rings (SSSR count). The van der Waals surface area contributed by atoms with Gasteiger partial charge in [0.2, 0.25) is 0 Å². The van der Waals surface area contributed by atoms with E-state index in [0.717, 1.165) is 25.7 Å². The monoisotopic (exact) mass is 260 g/mol. The molecule has 100 valence electrons. The molecule has 1 unspecified atom stereocenters. The lowest BCUT2D eigenvalue weighted by atomic mass is 9.98. The minimum Gasteiger partial charge on any atom is -0.462 e. The van der Waals surface area contributed by atoms with E-state index in [0.29, 0.717) is 0 Å². The van der Waals surface area contributed by atoms with E-state index in [1.165, 1.54) is 6.42 Å². The first-order chi connectivity index (χ1) is 8.03. The molecule has 0 bridgehead atoms. The van der Waals surface area contributed by atoms with Crippen molar-refractivity contribution >= 4 is 14.5 Å². The Morgan fingerprint density at radius 3 is 2.18 bits per heavy atom. The van der Waals surface area contributed by atoms with Crippen molar-refractivity contribution in [1.82, 2.24) is 0 Å². The number of esters is 1. The highest BCUT2D eigenvalue weighted by molar-refractivity contribution is 6.70. The number of hydrogen-bond acceptors (Lipinski definition) is 4. The van der Waals surface area contributed by atoms with Gasteiger partial charge in [-0.3, -0.25) is 4.79 Å². The van der Waals surface area contributed by atoms with Gasteiger partial charge in [-0.25, -0.2) is 0 Å². The van der Waals surface area contributed by atoms with Crippen molar-refractivity contribution in [2.75, 3.05) is 14.2 Å². The van der Waals surface area contributed by atoms with Crippen LogP contribution in [0.5, 0.6) is 0 Å². The summed E-state index contributed by atoms with van der Waals surface area (Å²) in [5, 5.41) is 0. The van der Waals surface area contributed by atoms with Crippen LogP contribution in [-0.4, -0.2) is 34.9 Å². The van der Waals surface area contributed by atoms with Gasteiger partial charge in [-0.15, -0.1) is 0 Å². The fraction of sp³-hybridized carbons (Fsp3) is 0.917. The van der Waals surface area contributed by atoms with Crippen molar-refractivity contribution < 1.29 is 18.4 Å². The average molecular weight is 260 g/mol. The molecule has 0 saturated heterocycles. The van der Waals surface area contributed by atoms with Gasteiger partial charge >= 0.3 is 14.5 Å². The predicted molar refractivity (Wildman–Crippen MR) is 68.0 cm³/mol. The lowest BCUT2D eigenvalue weighted by molar-refractivity contribution is -0.150. The van der Waals surface area contributed by atoms with E-state index in [9.17, 15) is 4.79 Å². The summed E-state index contributed by atoms with van der Waals surface area (Å²) >= 11 is 0. The Morgan fingerprint density at radius 1 is 1.18 bits per heavy atom. The molecule has 0 aromatic carbocycles. The molecule has 17 heavy (non-hydrogen) atoms. The van der Waals surface area contributed by atoms with Gasteiger partial charge in [0.05, 0.1) is 5.54 Å². The van der Waals surface area contributed by atoms with Gasteiger partial charge in [0, 0.05) is 14.2 Å². The molecule has 1 saturated carbocycles. The number of rotatable bonds is 5. The van der Waals surface area contributed by atoms with Crippen LogP contribution in [0.3, 0.4) is 0 Å². The highest BCUT2D eigenvalue weighted by Crippen LogP contribution is 2.27. The van der Waals surface area contributed by atoms with Crippen LogP contribution in [0.4, 0.5) is 0 Å². The molecule has 5 heteroatoms. The summed E-state index contributed by atoms with van der Waals surface area (Å²) in [4.78, 5) is 12.0. The molecule has 0 aliphatic heterocycles. The van der Waals surface area contributed by atoms with Crippen molar-refractivity contribution in [3.05, 3.63) is 0 Å². The SMILES string of the molecule is CO[Si](C)(OC)C(C)C(=O)OC1CCCCC1. The summed E-state index contributed by atoms with van der Waals surface area (Å²) in [5.41, 5.74) is -0.292. The molecule has 1 aliphatic rings. The van der Waals surface area contributed by atoms with Crippen molar-refractivity contribution in [2.24, 2.45) is 0 Å². The van der Waals surface area contributed by atoms with Gasteiger partial charge in [-0.2, -0.15) is 0 Å². The van der Waals surface area contributed by atoms with E-state index in [-0.39, 0.29) is 17.6 Å². The maximum absolute atomic E-state index is 12.0. The Balaban J connectivity index is 2.50. The number of carbonyl (C=O) groups is 1. The number of hydrogen-bond donors (Lipinski definition) is 0. The first kappa shape index (κ1) is 14.7. The normalized spacial score (nSPS) is 20.0. The summed E-state index contributed by atoms with van der Waals surface area (Å²) in [6.07, 6.45) is 5.68. The van der Waals surface area contributed by atoms with Crippen molar-refractivity contribution in [2.45, 2.75) is 57.2 Å². The van der Waals surface area contributed by atoms with Crippen LogP contribution >= 0.6 is 0 Å². The maximum Gasteiger partial charge on any atom is 0.348 e. The van der Waals surface area contributed by atoms with Crippen LogP contribution < -0.4 is 0 Å². The van der Waals surface area contributed by atoms with E-state index < -0.39 is 8.56 Å². The fourth-order valence-electron chi connectivity index (χ4n) is 2.10. The Labute approximate surface area is 105 Å². The molecule has 0 aromatic heterocycles. The fourth-order valence-corrected chi connectivity index (χ4v) is 3.47. The third-order valence-corrected chi connectivity index (χ3v) is 7.22. The second-order valence-electron chi connectivity index (χ2n) is 4.84. The zero-order chi connectivity index (χ0) is 12.9. The summed E-state index contributed by atoms with van der Waals surface area (Å²) in [5.74, 6) is -0.172. The van der Waals surface area contributed by atoms with Crippen LogP contribution in [0.1, 0.15) is 39.0 Å². The van der Waals surface area contributed by atoms with Gasteiger partial charge in [-0.1, -0.05) is 6.42 Å². The van der Waals surface area contributed by atoms with Crippen molar-refractivity contribution in [3.8, 4) is 0 Å². The van der Waals surface area contributed by atoms with E-state index in [4.69, 9.17) is 13.6 Å². The maximum atomic E-state index is 12.0. The summed E-state index contributed by atoms with van der Waals surface area (Å²) < 4.78 is 16.3. The smallest absolute Gasteiger partial charge is 0.348 e. The Bertz CT molecular complexity index is 247. The van der Waals surface area contributed by atoms with Gasteiger partial charge in [-0.05, 0) is 39.2 Å². The number of ether oxygens (including phenoxy) is 1. The highest BCUT2D eigenvalue weighted by atomic mass is 28.4. The summed E-state index contributed by atoms with van der Waals surface area (Å²) in [6, 6.07) is 0. The van der Waals surface area contributed by atoms with Crippen LogP contribution in [-0.2, 0) is 18.4 Å². The minimum absolute atomic E-state index is 0.102. The lowest BCUT2D eigenvalue weighted by Crippen LogP contribution is -2.45. The largest absolute Gasteiger partial charge is 0.462 e. The molecule has 1 aliphatic carbocycles. The predicted octanol–water partition coefficient (Wildman–Crippen LogP) is 2.62. The molecule has 0 heterocycles. The highest BCUT2D eigenvalue weighted by Gasteiger charge is 2.42. The Morgan fingerprint density at radius 2 is 1.71 bits per heavy atom. The summed E-state index contributed by atoms with van der Waals surface area (Å²) in [7, 11) is 0.772. The van der Waals surface area contributed by atoms with E-state index >= 15 is 0 Å². The van der Waals surface area contributed by atoms with Gasteiger partial charge in [0.15, 0.2) is 0 Å². The quantitative estimate of drug-likeness (QED) is 0.563. The van der Waals surface area contributed by atoms with Crippen LogP contribution in [0.2, 0.25) is 12.1 Å². The standard InChI is InChI=1S/C12H24O4Si/c1-10(17(4,14-2)15-3)12(13)16-11-8-6-5-7-9-11/h10-11H,5-9H2,1-4H3. The second kappa shape index (κ2) is 6.52. The van der Waals surface area contributed by atoms with Crippen LogP contribution in [0, 0.1) is 0 Å². The second-order valence-corrected chi connectivity index (χ2v) is 8.56. The minimum atomic E-state index is -2.42. The first-order valence-electron chi connectivity index (χ1n) is 6.34. The van der Waals surface area contributed by atoms with Crippen LogP contribution in [0.15, 0.2) is 0 Å². The molecule has 0 spiro atoms. The average Bonchev–Trinajstić information content (AvgIpc) is 2.38.